The molecule has 3 N–H and O–H groups in total. The maximum atomic E-state index is 12.7. The number of likely N-dealkylation sites (tertiary alicyclic amines) is 1. The summed E-state index contributed by atoms with van der Waals surface area (Å²) in [5.74, 6) is -1.77. The minimum absolute atomic E-state index is 0.0281. The van der Waals surface area contributed by atoms with Gasteiger partial charge in [-0.05, 0) is 32.2 Å². The van der Waals surface area contributed by atoms with Gasteiger partial charge in [0.2, 0.25) is 5.91 Å². The third-order valence-corrected chi connectivity index (χ3v) is 3.77. The third kappa shape index (κ3) is 4.35. The molecule has 2 atom stereocenters. The van der Waals surface area contributed by atoms with Crippen LogP contribution in [-0.2, 0) is 4.79 Å². The number of carbonyl (C=O) groups excluding carboxylic acids is 1. The molecule has 0 aromatic heterocycles. The van der Waals surface area contributed by atoms with Gasteiger partial charge in [0.25, 0.3) is 0 Å². The van der Waals surface area contributed by atoms with Crippen LogP contribution in [0.2, 0.25) is 0 Å². The number of hydrogen-bond acceptors (Lipinski definition) is 3. The number of nitrogens with two attached hydrogens (primary N) is 1. The van der Waals surface area contributed by atoms with Crippen LogP contribution in [0, 0.1) is 5.92 Å². The van der Waals surface area contributed by atoms with Crippen molar-refractivity contribution >= 4 is 5.91 Å². The van der Waals surface area contributed by atoms with Gasteiger partial charge >= 0.3 is 6.18 Å². The van der Waals surface area contributed by atoms with E-state index in [1.54, 1.807) is 4.90 Å². The molecule has 2 unspecified atom stereocenters. The van der Waals surface area contributed by atoms with Crippen molar-refractivity contribution in [3.63, 3.8) is 0 Å². The molecule has 0 spiro atoms. The SMILES string of the molecule is NC(=O)C(CN1CCCC(C(F)(F)F)C1)NC1CC1. The summed E-state index contributed by atoms with van der Waals surface area (Å²) in [5, 5.41) is 3.09. The fourth-order valence-electron chi connectivity index (χ4n) is 2.51. The smallest absolute Gasteiger partial charge is 0.368 e. The highest BCUT2D eigenvalue weighted by Crippen LogP contribution is 2.33. The van der Waals surface area contributed by atoms with Crippen LogP contribution in [0.1, 0.15) is 25.7 Å². The Balaban J connectivity index is 1.87. The molecule has 2 aliphatic rings. The number of piperidine rings is 1. The number of halogens is 3. The molecule has 1 saturated heterocycles. The molecule has 110 valence electrons. The van der Waals surface area contributed by atoms with Crippen LogP contribution < -0.4 is 11.1 Å². The summed E-state index contributed by atoms with van der Waals surface area (Å²) in [6.45, 7) is 0.848. The van der Waals surface area contributed by atoms with E-state index in [1.807, 2.05) is 0 Å². The normalized spacial score (nSPS) is 27.2. The Morgan fingerprint density at radius 1 is 1.37 bits per heavy atom. The molecule has 7 heteroatoms. The molecule has 4 nitrogen and oxygen atoms in total. The third-order valence-electron chi connectivity index (χ3n) is 3.77. The van der Waals surface area contributed by atoms with Gasteiger partial charge in [-0.1, -0.05) is 0 Å². The molecule has 0 radical (unpaired) electrons. The highest BCUT2D eigenvalue weighted by atomic mass is 19.4. The average Bonchev–Trinajstić information content (AvgIpc) is 3.11. The molecular formula is C12H20F3N3O. The van der Waals surface area contributed by atoms with E-state index < -0.39 is 24.0 Å². The minimum atomic E-state index is -4.15. The summed E-state index contributed by atoms with van der Waals surface area (Å²) >= 11 is 0. The van der Waals surface area contributed by atoms with Gasteiger partial charge in [-0.3, -0.25) is 4.79 Å². The van der Waals surface area contributed by atoms with E-state index in [0.717, 1.165) is 12.8 Å². The molecule has 0 aromatic carbocycles. The molecule has 19 heavy (non-hydrogen) atoms. The van der Waals surface area contributed by atoms with Crippen LogP contribution in [0.3, 0.4) is 0 Å². The molecule has 2 rings (SSSR count). The van der Waals surface area contributed by atoms with Gasteiger partial charge in [-0.2, -0.15) is 13.2 Å². The molecule has 1 amide bonds. The van der Waals surface area contributed by atoms with Crippen molar-refractivity contribution < 1.29 is 18.0 Å². The zero-order valence-electron chi connectivity index (χ0n) is 10.7. The second-order valence-electron chi connectivity index (χ2n) is 5.54. The van der Waals surface area contributed by atoms with Crippen molar-refractivity contribution in [2.45, 2.75) is 43.9 Å². The Kier molecular flexibility index (Phi) is 4.35. The summed E-state index contributed by atoms with van der Waals surface area (Å²) in [5.41, 5.74) is 5.30. The lowest BCUT2D eigenvalue weighted by Crippen LogP contribution is -2.52. The lowest BCUT2D eigenvalue weighted by molar-refractivity contribution is -0.186. The van der Waals surface area contributed by atoms with Crippen LogP contribution in [-0.4, -0.2) is 48.7 Å². The highest BCUT2D eigenvalue weighted by Gasteiger charge is 2.42. The van der Waals surface area contributed by atoms with Gasteiger partial charge in [-0.15, -0.1) is 0 Å². The first kappa shape index (κ1) is 14.6. The van der Waals surface area contributed by atoms with E-state index >= 15 is 0 Å². The Morgan fingerprint density at radius 2 is 2.05 bits per heavy atom. The van der Waals surface area contributed by atoms with Crippen molar-refractivity contribution in [2.24, 2.45) is 11.7 Å². The predicted molar refractivity (Wildman–Crippen MR) is 64.4 cm³/mol. The number of primary amides is 1. The summed E-state index contributed by atoms with van der Waals surface area (Å²) in [7, 11) is 0. The monoisotopic (exact) mass is 279 g/mol. The van der Waals surface area contributed by atoms with Gasteiger partial charge in [0, 0.05) is 19.1 Å². The molecule has 1 saturated carbocycles. The van der Waals surface area contributed by atoms with Crippen LogP contribution in [0.15, 0.2) is 0 Å². The van der Waals surface area contributed by atoms with Gasteiger partial charge in [0.1, 0.15) is 0 Å². The first-order chi connectivity index (χ1) is 8.86. The van der Waals surface area contributed by atoms with Crippen molar-refractivity contribution in [2.75, 3.05) is 19.6 Å². The molecule has 1 heterocycles. The standard InChI is InChI=1S/C12H20F3N3O/c13-12(14,15)8-2-1-5-18(6-8)7-10(11(16)19)17-9-3-4-9/h8-10,17H,1-7H2,(H2,16,19). The lowest BCUT2D eigenvalue weighted by Gasteiger charge is -2.35. The first-order valence-corrected chi connectivity index (χ1v) is 6.70. The molecule has 0 aromatic rings. The molecule has 2 fully saturated rings. The number of carbonyl (C=O) groups is 1. The molecule has 0 bridgehead atoms. The van der Waals surface area contributed by atoms with Crippen molar-refractivity contribution in [3.8, 4) is 0 Å². The number of alkyl halides is 3. The molecule has 1 aliphatic heterocycles. The largest absolute Gasteiger partial charge is 0.393 e. The van der Waals surface area contributed by atoms with Crippen LogP contribution in [0.25, 0.3) is 0 Å². The summed E-state index contributed by atoms with van der Waals surface area (Å²) in [4.78, 5) is 13.0. The molecular weight excluding hydrogens is 259 g/mol. The van der Waals surface area contributed by atoms with Gasteiger partial charge < -0.3 is 16.0 Å². The van der Waals surface area contributed by atoms with Crippen LogP contribution >= 0.6 is 0 Å². The Hall–Kier alpha value is -0.820. The minimum Gasteiger partial charge on any atom is -0.368 e. The Bertz CT molecular complexity index is 331. The second-order valence-corrected chi connectivity index (χ2v) is 5.54. The van der Waals surface area contributed by atoms with Crippen molar-refractivity contribution in [3.05, 3.63) is 0 Å². The van der Waals surface area contributed by atoms with E-state index in [9.17, 15) is 18.0 Å². The van der Waals surface area contributed by atoms with Crippen LogP contribution in [0.5, 0.6) is 0 Å². The zero-order valence-corrected chi connectivity index (χ0v) is 10.7. The van der Waals surface area contributed by atoms with Crippen molar-refractivity contribution in [1.82, 2.24) is 10.2 Å². The highest BCUT2D eigenvalue weighted by molar-refractivity contribution is 5.80. The van der Waals surface area contributed by atoms with Crippen molar-refractivity contribution in [1.29, 1.82) is 0 Å². The first-order valence-electron chi connectivity index (χ1n) is 6.70. The number of nitrogens with zero attached hydrogens (tertiary/aromatic N) is 1. The number of nitrogens with one attached hydrogen (secondary N) is 1. The topological polar surface area (TPSA) is 58.4 Å². The maximum absolute atomic E-state index is 12.7. The van der Waals surface area contributed by atoms with Gasteiger partial charge in [0.05, 0.1) is 12.0 Å². The summed E-state index contributed by atoms with van der Waals surface area (Å²) in [6, 6.07) is -0.236. The number of amides is 1. The van der Waals surface area contributed by atoms with Gasteiger partial charge in [0.15, 0.2) is 0 Å². The Morgan fingerprint density at radius 3 is 2.58 bits per heavy atom. The van der Waals surface area contributed by atoms with E-state index in [4.69, 9.17) is 5.73 Å². The number of rotatable bonds is 5. The average molecular weight is 279 g/mol. The van der Waals surface area contributed by atoms with E-state index in [0.29, 0.717) is 19.0 Å². The predicted octanol–water partition coefficient (Wildman–Crippen LogP) is 0.867. The van der Waals surface area contributed by atoms with E-state index in [1.165, 1.54) is 0 Å². The lowest BCUT2D eigenvalue weighted by atomic mass is 9.97. The quantitative estimate of drug-likeness (QED) is 0.785. The fraction of sp³-hybridized carbons (Fsp3) is 0.917. The fourth-order valence-corrected chi connectivity index (χ4v) is 2.51. The summed E-state index contributed by atoms with van der Waals surface area (Å²) in [6.07, 6.45) is -1.44. The Labute approximate surface area is 110 Å². The maximum Gasteiger partial charge on any atom is 0.393 e. The second kappa shape index (κ2) is 5.66. The summed E-state index contributed by atoms with van der Waals surface area (Å²) < 4.78 is 38.1. The number of hydrogen-bond donors (Lipinski definition) is 2. The van der Waals surface area contributed by atoms with E-state index in [-0.39, 0.29) is 19.5 Å². The van der Waals surface area contributed by atoms with Crippen LogP contribution in [0.4, 0.5) is 13.2 Å². The molecule has 1 aliphatic carbocycles. The zero-order chi connectivity index (χ0) is 14.0. The van der Waals surface area contributed by atoms with E-state index in [2.05, 4.69) is 5.32 Å². The van der Waals surface area contributed by atoms with Gasteiger partial charge in [-0.25, -0.2) is 0 Å².